The zero-order valence-corrected chi connectivity index (χ0v) is 10.9. The number of nitrogens with zero attached hydrogens (tertiary/aromatic N) is 1. The first-order chi connectivity index (χ1) is 7.73. The molecule has 0 rings (SSSR count). The van der Waals surface area contributed by atoms with Crippen LogP contribution in [0.4, 0.5) is 0 Å². The first-order valence-electron chi connectivity index (χ1n) is 5.50. The van der Waals surface area contributed by atoms with E-state index in [2.05, 4.69) is 0 Å². The molecule has 3 N–H and O–H groups in total. The molecule has 1 amide bonds. The van der Waals surface area contributed by atoms with E-state index < -0.39 is 17.6 Å². The van der Waals surface area contributed by atoms with Crippen molar-refractivity contribution in [2.45, 2.75) is 38.8 Å². The van der Waals surface area contributed by atoms with Crippen molar-refractivity contribution < 1.29 is 19.4 Å². The standard InChI is InChI=1S/C11H22N2O4/c1-11(2,3)13(6-5-9(14)15)10(16)8(7-12)17-4/h8H,5-7,12H2,1-4H3,(H,14,15). The number of carbonyl (C=O) groups is 2. The third-order valence-electron chi connectivity index (χ3n) is 2.40. The molecule has 0 fully saturated rings. The minimum atomic E-state index is -0.936. The molecule has 1 unspecified atom stereocenters. The van der Waals surface area contributed by atoms with Gasteiger partial charge in [-0.15, -0.1) is 0 Å². The van der Waals surface area contributed by atoms with E-state index >= 15 is 0 Å². The molecule has 0 aromatic heterocycles. The topological polar surface area (TPSA) is 92.9 Å². The molecule has 0 aliphatic heterocycles. The van der Waals surface area contributed by atoms with E-state index in [1.165, 1.54) is 12.0 Å². The maximum absolute atomic E-state index is 12.1. The number of hydrogen-bond acceptors (Lipinski definition) is 4. The van der Waals surface area contributed by atoms with Gasteiger partial charge in [0.15, 0.2) is 0 Å². The van der Waals surface area contributed by atoms with Gasteiger partial charge in [-0.2, -0.15) is 0 Å². The number of nitrogens with two attached hydrogens (primary N) is 1. The number of methoxy groups -OCH3 is 1. The largest absolute Gasteiger partial charge is 0.481 e. The van der Waals surface area contributed by atoms with Crippen molar-refractivity contribution in [2.75, 3.05) is 20.2 Å². The van der Waals surface area contributed by atoms with Gasteiger partial charge in [-0.1, -0.05) is 0 Å². The van der Waals surface area contributed by atoms with E-state index in [1.807, 2.05) is 20.8 Å². The van der Waals surface area contributed by atoms with E-state index in [1.54, 1.807) is 0 Å². The summed E-state index contributed by atoms with van der Waals surface area (Å²) in [5.41, 5.74) is 4.97. The van der Waals surface area contributed by atoms with Crippen molar-refractivity contribution in [1.29, 1.82) is 0 Å². The van der Waals surface area contributed by atoms with Gasteiger partial charge >= 0.3 is 5.97 Å². The highest BCUT2D eigenvalue weighted by Crippen LogP contribution is 2.16. The molecule has 17 heavy (non-hydrogen) atoms. The van der Waals surface area contributed by atoms with Crippen LogP contribution in [0.25, 0.3) is 0 Å². The number of aliphatic carboxylic acids is 1. The average Bonchev–Trinajstić information content (AvgIpc) is 2.17. The first kappa shape index (κ1) is 15.9. The zero-order chi connectivity index (χ0) is 13.6. The van der Waals surface area contributed by atoms with Crippen LogP contribution in [0.5, 0.6) is 0 Å². The highest BCUT2D eigenvalue weighted by molar-refractivity contribution is 5.82. The molecular weight excluding hydrogens is 224 g/mol. The van der Waals surface area contributed by atoms with E-state index in [0.717, 1.165) is 0 Å². The molecule has 0 heterocycles. The fraction of sp³-hybridized carbons (Fsp3) is 0.818. The molecule has 0 spiro atoms. The van der Waals surface area contributed by atoms with Crippen molar-refractivity contribution in [3.05, 3.63) is 0 Å². The van der Waals surface area contributed by atoms with E-state index in [-0.39, 0.29) is 25.4 Å². The summed E-state index contributed by atoms with van der Waals surface area (Å²) in [5.74, 6) is -1.21. The summed E-state index contributed by atoms with van der Waals surface area (Å²) in [6.07, 6.45) is -0.813. The summed E-state index contributed by atoms with van der Waals surface area (Å²) >= 11 is 0. The van der Waals surface area contributed by atoms with Gasteiger partial charge in [-0.05, 0) is 20.8 Å². The minimum Gasteiger partial charge on any atom is -0.481 e. The van der Waals surface area contributed by atoms with Gasteiger partial charge in [0, 0.05) is 25.7 Å². The third kappa shape index (κ3) is 5.14. The smallest absolute Gasteiger partial charge is 0.305 e. The highest BCUT2D eigenvalue weighted by Gasteiger charge is 2.31. The molecule has 100 valence electrons. The Hall–Kier alpha value is -1.14. The van der Waals surface area contributed by atoms with Gasteiger partial charge in [-0.3, -0.25) is 9.59 Å². The Morgan fingerprint density at radius 2 is 1.94 bits per heavy atom. The number of carboxylic acid groups (broad SMARTS) is 1. The Balaban J connectivity index is 4.80. The van der Waals surface area contributed by atoms with Gasteiger partial charge in [-0.25, -0.2) is 0 Å². The molecule has 0 saturated heterocycles. The SMILES string of the molecule is COC(CN)C(=O)N(CCC(=O)O)C(C)(C)C. The number of hydrogen-bond donors (Lipinski definition) is 2. The van der Waals surface area contributed by atoms with Gasteiger partial charge < -0.3 is 20.5 Å². The molecular formula is C11H22N2O4. The van der Waals surface area contributed by atoms with E-state index in [9.17, 15) is 9.59 Å². The van der Waals surface area contributed by atoms with Crippen LogP contribution in [0.15, 0.2) is 0 Å². The summed E-state index contributed by atoms with van der Waals surface area (Å²) in [5, 5.41) is 8.67. The summed E-state index contributed by atoms with van der Waals surface area (Å²) < 4.78 is 4.98. The number of amides is 1. The predicted octanol–water partition coefficient (Wildman–Crippen LogP) is 0.0619. The van der Waals surface area contributed by atoms with Crippen LogP contribution in [0, 0.1) is 0 Å². The zero-order valence-electron chi connectivity index (χ0n) is 10.9. The van der Waals surface area contributed by atoms with E-state index in [0.29, 0.717) is 0 Å². The summed E-state index contributed by atoms with van der Waals surface area (Å²) in [7, 11) is 1.41. The van der Waals surface area contributed by atoms with Crippen LogP contribution in [0.2, 0.25) is 0 Å². The molecule has 0 bridgehead atoms. The van der Waals surface area contributed by atoms with Crippen LogP contribution in [-0.4, -0.2) is 53.7 Å². The molecule has 0 aliphatic carbocycles. The molecule has 0 saturated carbocycles. The van der Waals surface area contributed by atoms with Crippen molar-refractivity contribution >= 4 is 11.9 Å². The Morgan fingerprint density at radius 3 is 2.24 bits per heavy atom. The normalized spacial score (nSPS) is 13.2. The Labute approximate surface area is 102 Å². The van der Waals surface area contributed by atoms with Crippen molar-refractivity contribution in [2.24, 2.45) is 5.73 Å². The van der Waals surface area contributed by atoms with Crippen LogP contribution in [-0.2, 0) is 14.3 Å². The van der Waals surface area contributed by atoms with E-state index in [4.69, 9.17) is 15.6 Å². The second-order valence-corrected chi connectivity index (χ2v) is 4.76. The summed E-state index contributed by atoms with van der Waals surface area (Å²) in [6, 6.07) is 0. The lowest BCUT2D eigenvalue weighted by atomic mass is 10.0. The average molecular weight is 246 g/mol. The Bertz CT molecular complexity index is 269. The lowest BCUT2D eigenvalue weighted by molar-refractivity contribution is -0.147. The minimum absolute atomic E-state index is 0.0784. The molecule has 0 aromatic rings. The summed E-state index contributed by atoms with van der Waals surface area (Å²) in [6.45, 7) is 5.76. The van der Waals surface area contributed by atoms with Crippen molar-refractivity contribution in [3.63, 3.8) is 0 Å². The first-order valence-corrected chi connectivity index (χ1v) is 5.50. The van der Waals surface area contributed by atoms with Gasteiger partial charge in [0.25, 0.3) is 5.91 Å². The van der Waals surface area contributed by atoms with Crippen molar-refractivity contribution in [1.82, 2.24) is 4.90 Å². The Kier molecular flexibility index (Phi) is 6.12. The molecule has 1 atom stereocenters. The van der Waals surface area contributed by atoms with Crippen LogP contribution < -0.4 is 5.73 Å². The fourth-order valence-corrected chi connectivity index (χ4v) is 1.46. The maximum Gasteiger partial charge on any atom is 0.305 e. The van der Waals surface area contributed by atoms with Gasteiger partial charge in [0.2, 0.25) is 0 Å². The van der Waals surface area contributed by atoms with Crippen LogP contribution in [0.3, 0.4) is 0 Å². The van der Waals surface area contributed by atoms with Crippen LogP contribution in [0.1, 0.15) is 27.2 Å². The predicted molar refractivity (Wildman–Crippen MR) is 63.6 cm³/mol. The lowest BCUT2D eigenvalue weighted by Crippen LogP contribution is -2.52. The van der Waals surface area contributed by atoms with Gasteiger partial charge in [0.1, 0.15) is 6.10 Å². The quantitative estimate of drug-likeness (QED) is 0.691. The van der Waals surface area contributed by atoms with Crippen molar-refractivity contribution in [3.8, 4) is 0 Å². The summed E-state index contributed by atoms with van der Waals surface area (Å²) in [4.78, 5) is 24.1. The second kappa shape index (κ2) is 6.56. The second-order valence-electron chi connectivity index (χ2n) is 4.76. The molecule has 0 radical (unpaired) electrons. The monoisotopic (exact) mass is 246 g/mol. The Morgan fingerprint density at radius 1 is 1.41 bits per heavy atom. The number of ether oxygens (including phenoxy) is 1. The number of rotatable bonds is 6. The lowest BCUT2D eigenvalue weighted by Gasteiger charge is -2.37. The third-order valence-corrected chi connectivity index (χ3v) is 2.40. The molecule has 0 aromatic carbocycles. The van der Waals surface area contributed by atoms with Crippen LogP contribution >= 0.6 is 0 Å². The number of carboxylic acids is 1. The molecule has 0 aliphatic rings. The molecule has 6 heteroatoms. The highest BCUT2D eigenvalue weighted by atomic mass is 16.5. The maximum atomic E-state index is 12.1. The number of carbonyl (C=O) groups excluding carboxylic acids is 1. The molecule has 6 nitrogen and oxygen atoms in total. The fourth-order valence-electron chi connectivity index (χ4n) is 1.46. The van der Waals surface area contributed by atoms with Gasteiger partial charge in [0.05, 0.1) is 6.42 Å².